The molecule has 2 atom stereocenters. The Kier molecular flexibility index (Phi) is 3.41. The first-order valence-electron chi connectivity index (χ1n) is 5.93. The molecule has 0 bridgehead atoms. The molecular formula is C14H14BrNOS. The van der Waals surface area contributed by atoms with Gasteiger partial charge in [0.2, 0.25) is 0 Å². The van der Waals surface area contributed by atoms with E-state index >= 15 is 0 Å². The third-order valence-corrected chi connectivity index (χ3v) is 4.53. The maximum absolute atomic E-state index is 6.13. The minimum Gasteiger partial charge on any atom is -0.485 e. The fourth-order valence-corrected chi connectivity index (χ4v) is 3.42. The molecule has 0 saturated carbocycles. The van der Waals surface area contributed by atoms with Crippen LogP contribution in [0.1, 0.15) is 29.7 Å². The number of ether oxygens (including phenoxy) is 1. The Bertz CT molecular complexity index is 541. The number of thiophene rings is 1. The zero-order chi connectivity index (χ0) is 12.5. The second-order valence-electron chi connectivity index (χ2n) is 4.42. The highest BCUT2D eigenvalue weighted by atomic mass is 79.9. The van der Waals surface area contributed by atoms with Gasteiger partial charge in [0.25, 0.3) is 0 Å². The molecule has 1 aromatic heterocycles. The van der Waals surface area contributed by atoms with Crippen LogP contribution in [0.4, 0.5) is 0 Å². The van der Waals surface area contributed by atoms with Crippen molar-refractivity contribution in [1.29, 1.82) is 0 Å². The van der Waals surface area contributed by atoms with Crippen molar-refractivity contribution < 1.29 is 4.74 Å². The van der Waals surface area contributed by atoms with Gasteiger partial charge in [0.05, 0.1) is 0 Å². The summed E-state index contributed by atoms with van der Waals surface area (Å²) in [7, 11) is 2.01. The molecule has 18 heavy (non-hydrogen) atoms. The summed E-state index contributed by atoms with van der Waals surface area (Å²) < 4.78 is 7.18. The Labute approximate surface area is 119 Å². The summed E-state index contributed by atoms with van der Waals surface area (Å²) in [5.74, 6) is 0.978. The zero-order valence-electron chi connectivity index (χ0n) is 10.0. The predicted molar refractivity (Wildman–Crippen MR) is 78.2 cm³/mol. The highest BCUT2D eigenvalue weighted by Crippen LogP contribution is 2.42. The van der Waals surface area contributed by atoms with Gasteiger partial charge < -0.3 is 10.1 Å². The Balaban J connectivity index is 1.98. The molecule has 0 saturated heterocycles. The molecule has 1 N–H and O–H groups in total. The van der Waals surface area contributed by atoms with E-state index in [1.54, 1.807) is 11.3 Å². The highest BCUT2D eigenvalue weighted by molar-refractivity contribution is 9.10. The van der Waals surface area contributed by atoms with Crippen molar-refractivity contribution in [2.75, 3.05) is 7.05 Å². The number of rotatable bonds is 2. The van der Waals surface area contributed by atoms with Crippen LogP contribution in [-0.4, -0.2) is 7.05 Å². The van der Waals surface area contributed by atoms with E-state index in [1.165, 1.54) is 11.1 Å². The van der Waals surface area contributed by atoms with Crippen LogP contribution in [0.3, 0.4) is 0 Å². The van der Waals surface area contributed by atoms with Crippen LogP contribution in [0.5, 0.6) is 5.75 Å². The van der Waals surface area contributed by atoms with E-state index in [9.17, 15) is 0 Å². The summed E-state index contributed by atoms with van der Waals surface area (Å²) in [6.07, 6.45) is 1.12. The molecule has 2 unspecified atom stereocenters. The van der Waals surface area contributed by atoms with E-state index in [2.05, 4.69) is 56.3 Å². The van der Waals surface area contributed by atoms with Gasteiger partial charge >= 0.3 is 0 Å². The molecular weight excluding hydrogens is 310 g/mol. The SMILES string of the molecule is CNC1CC(c2ccsc2)Oc2cc(Br)ccc21. The normalized spacial score (nSPS) is 22.3. The lowest BCUT2D eigenvalue weighted by Crippen LogP contribution is -2.26. The van der Waals surface area contributed by atoms with Gasteiger partial charge in [-0.25, -0.2) is 0 Å². The van der Waals surface area contributed by atoms with E-state index in [-0.39, 0.29) is 6.10 Å². The summed E-state index contributed by atoms with van der Waals surface area (Å²) in [5.41, 5.74) is 2.51. The number of benzene rings is 1. The van der Waals surface area contributed by atoms with Crippen LogP contribution in [0.2, 0.25) is 0 Å². The fraction of sp³-hybridized carbons (Fsp3) is 0.286. The van der Waals surface area contributed by atoms with Crippen LogP contribution >= 0.6 is 27.3 Å². The monoisotopic (exact) mass is 323 g/mol. The first kappa shape index (κ1) is 12.2. The molecule has 2 heterocycles. The van der Waals surface area contributed by atoms with Crippen LogP contribution in [0.25, 0.3) is 0 Å². The molecule has 1 aliphatic heterocycles. The third kappa shape index (κ3) is 2.20. The molecule has 0 aliphatic carbocycles. The van der Waals surface area contributed by atoms with Crippen molar-refractivity contribution in [3.8, 4) is 5.75 Å². The van der Waals surface area contributed by atoms with Gasteiger partial charge in [-0.15, -0.1) is 0 Å². The fourth-order valence-electron chi connectivity index (χ4n) is 2.38. The number of fused-ring (bicyclic) bond motifs is 1. The summed E-state index contributed by atoms with van der Waals surface area (Å²) in [6.45, 7) is 0. The quantitative estimate of drug-likeness (QED) is 0.889. The Hall–Kier alpha value is -0.840. The van der Waals surface area contributed by atoms with Gasteiger partial charge in [-0.3, -0.25) is 0 Å². The lowest BCUT2D eigenvalue weighted by molar-refractivity contribution is 0.154. The molecule has 2 nitrogen and oxygen atoms in total. The minimum atomic E-state index is 0.149. The van der Waals surface area contributed by atoms with Gasteiger partial charge in [0.15, 0.2) is 0 Å². The van der Waals surface area contributed by atoms with Crippen molar-refractivity contribution in [3.63, 3.8) is 0 Å². The van der Waals surface area contributed by atoms with Crippen LogP contribution in [0.15, 0.2) is 39.5 Å². The first-order valence-corrected chi connectivity index (χ1v) is 7.67. The summed E-state index contributed by atoms with van der Waals surface area (Å²) >= 11 is 5.22. The molecule has 3 rings (SSSR count). The van der Waals surface area contributed by atoms with E-state index in [4.69, 9.17) is 4.74 Å². The molecule has 1 aromatic carbocycles. The molecule has 0 amide bonds. The smallest absolute Gasteiger partial charge is 0.126 e. The van der Waals surface area contributed by atoms with Crippen molar-refractivity contribution in [2.45, 2.75) is 18.6 Å². The molecule has 1 aliphatic rings. The van der Waals surface area contributed by atoms with Crippen LogP contribution < -0.4 is 10.1 Å². The molecule has 4 heteroatoms. The first-order chi connectivity index (χ1) is 8.78. The summed E-state index contributed by atoms with van der Waals surface area (Å²) in [6, 6.07) is 8.75. The maximum Gasteiger partial charge on any atom is 0.126 e. The number of hydrogen-bond acceptors (Lipinski definition) is 3. The lowest BCUT2D eigenvalue weighted by Gasteiger charge is -2.32. The Morgan fingerprint density at radius 2 is 2.28 bits per heavy atom. The molecule has 0 radical (unpaired) electrons. The minimum absolute atomic E-state index is 0.149. The van der Waals surface area contributed by atoms with E-state index in [0.29, 0.717) is 6.04 Å². The molecule has 0 spiro atoms. The molecule has 94 valence electrons. The largest absolute Gasteiger partial charge is 0.485 e. The average molecular weight is 324 g/mol. The summed E-state index contributed by atoms with van der Waals surface area (Å²) in [5, 5.41) is 7.65. The third-order valence-electron chi connectivity index (χ3n) is 3.33. The Morgan fingerprint density at radius 1 is 1.39 bits per heavy atom. The van der Waals surface area contributed by atoms with E-state index < -0.39 is 0 Å². The molecule has 2 aromatic rings. The van der Waals surface area contributed by atoms with Crippen LogP contribution in [-0.2, 0) is 0 Å². The summed E-state index contributed by atoms with van der Waals surface area (Å²) in [4.78, 5) is 0. The predicted octanol–water partition coefficient (Wildman–Crippen LogP) is 4.29. The van der Waals surface area contributed by atoms with Gasteiger partial charge in [0.1, 0.15) is 11.9 Å². The van der Waals surface area contributed by atoms with E-state index in [1.807, 2.05) is 7.05 Å². The topological polar surface area (TPSA) is 21.3 Å². The van der Waals surface area contributed by atoms with Gasteiger partial charge in [-0.05, 0) is 36.0 Å². The van der Waals surface area contributed by atoms with E-state index in [0.717, 1.165) is 16.6 Å². The second kappa shape index (κ2) is 5.03. The van der Waals surface area contributed by atoms with Crippen molar-refractivity contribution in [1.82, 2.24) is 5.32 Å². The van der Waals surface area contributed by atoms with Crippen LogP contribution in [0, 0.1) is 0 Å². The van der Waals surface area contributed by atoms with Crippen molar-refractivity contribution >= 4 is 27.3 Å². The van der Waals surface area contributed by atoms with Gasteiger partial charge in [-0.1, -0.05) is 22.0 Å². The van der Waals surface area contributed by atoms with Crippen molar-refractivity contribution in [2.24, 2.45) is 0 Å². The van der Waals surface area contributed by atoms with Crippen molar-refractivity contribution in [3.05, 3.63) is 50.6 Å². The number of nitrogens with one attached hydrogen (secondary N) is 1. The zero-order valence-corrected chi connectivity index (χ0v) is 12.4. The Morgan fingerprint density at radius 3 is 3.00 bits per heavy atom. The lowest BCUT2D eigenvalue weighted by atomic mass is 9.94. The second-order valence-corrected chi connectivity index (χ2v) is 6.12. The highest BCUT2D eigenvalue weighted by Gasteiger charge is 2.28. The average Bonchev–Trinajstić information content (AvgIpc) is 2.90. The molecule has 0 fully saturated rings. The van der Waals surface area contributed by atoms with Gasteiger partial charge in [-0.2, -0.15) is 11.3 Å². The van der Waals surface area contributed by atoms with Gasteiger partial charge in [0, 0.05) is 28.1 Å². The standard InChI is InChI=1S/C14H14BrNOS/c1-16-12-7-13(9-4-5-18-8-9)17-14-6-10(15)2-3-11(12)14/h2-6,8,12-13,16H,7H2,1H3. The maximum atomic E-state index is 6.13. The number of halogens is 1. The number of hydrogen-bond donors (Lipinski definition) is 1.